The van der Waals surface area contributed by atoms with E-state index in [0.717, 1.165) is 10.2 Å². The van der Waals surface area contributed by atoms with Crippen LogP contribution in [0.25, 0.3) is 5.69 Å². The summed E-state index contributed by atoms with van der Waals surface area (Å²) in [5.41, 5.74) is 2.40. The van der Waals surface area contributed by atoms with E-state index in [9.17, 15) is 0 Å². The minimum absolute atomic E-state index is 0.401. The second-order valence-corrected chi connectivity index (χ2v) is 6.05. The molecular formula is C15H18BrN3. The largest absolute Gasteiger partial charge is 0.306 e. The third-order valence-electron chi connectivity index (χ3n) is 3.75. The van der Waals surface area contributed by atoms with Gasteiger partial charge in [-0.05, 0) is 54.2 Å². The third kappa shape index (κ3) is 2.60. The van der Waals surface area contributed by atoms with Crippen molar-refractivity contribution in [2.24, 2.45) is 0 Å². The first kappa shape index (κ1) is 12.9. The zero-order valence-electron chi connectivity index (χ0n) is 11.0. The van der Waals surface area contributed by atoms with Gasteiger partial charge in [-0.25, -0.2) is 4.98 Å². The van der Waals surface area contributed by atoms with Gasteiger partial charge in [0.25, 0.3) is 0 Å². The summed E-state index contributed by atoms with van der Waals surface area (Å²) in [5.74, 6) is 0. The molecule has 3 rings (SSSR count). The van der Waals surface area contributed by atoms with Crippen molar-refractivity contribution in [3.05, 3.63) is 47.0 Å². The first-order chi connectivity index (χ1) is 9.25. The molecule has 1 aromatic carbocycles. The predicted molar refractivity (Wildman–Crippen MR) is 80.5 cm³/mol. The summed E-state index contributed by atoms with van der Waals surface area (Å²) in [6.07, 6.45) is 7.60. The van der Waals surface area contributed by atoms with Crippen LogP contribution in [0.3, 0.4) is 0 Å². The van der Waals surface area contributed by atoms with Gasteiger partial charge in [0.15, 0.2) is 0 Å². The fourth-order valence-corrected chi connectivity index (χ4v) is 3.26. The van der Waals surface area contributed by atoms with Crippen molar-refractivity contribution in [1.82, 2.24) is 14.9 Å². The zero-order valence-corrected chi connectivity index (χ0v) is 12.6. The van der Waals surface area contributed by atoms with Gasteiger partial charge in [-0.3, -0.25) is 0 Å². The Kier molecular flexibility index (Phi) is 3.71. The van der Waals surface area contributed by atoms with E-state index in [4.69, 9.17) is 0 Å². The summed E-state index contributed by atoms with van der Waals surface area (Å²) in [7, 11) is 0. The average Bonchev–Trinajstić information content (AvgIpc) is 2.88. The van der Waals surface area contributed by atoms with Gasteiger partial charge >= 0.3 is 0 Å². The summed E-state index contributed by atoms with van der Waals surface area (Å²) in [4.78, 5) is 4.34. The number of nitrogens with one attached hydrogen (secondary N) is 1. The number of hydrogen-bond acceptors (Lipinski definition) is 2. The molecule has 2 atom stereocenters. The van der Waals surface area contributed by atoms with Crippen LogP contribution < -0.4 is 5.32 Å². The normalized spacial score (nSPS) is 23.5. The van der Waals surface area contributed by atoms with E-state index < -0.39 is 0 Å². The highest BCUT2D eigenvalue weighted by Gasteiger charge is 2.22. The average molecular weight is 320 g/mol. The Hall–Kier alpha value is -1.13. The molecule has 0 spiro atoms. The van der Waals surface area contributed by atoms with Crippen LogP contribution in [0.1, 0.15) is 37.9 Å². The number of hydrogen-bond donors (Lipinski definition) is 1. The summed E-state index contributed by atoms with van der Waals surface area (Å²) < 4.78 is 3.28. The molecule has 19 heavy (non-hydrogen) atoms. The number of para-hydroxylation sites is 1. The Morgan fingerprint density at radius 1 is 1.32 bits per heavy atom. The van der Waals surface area contributed by atoms with Crippen molar-refractivity contribution in [3.8, 4) is 5.69 Å². The second-order valence-electron chi connectivity index (χ2n) is 5.19. The summed E-state index contributed by atoms with van der Waals surface area (Å²) in [6.45, 7) is 2.26. The number of aromatic nitrogens is 2. The van der Waals surface area contributed by atoms with Gasteiger partial charge in [0.2, 0.25) is 0 Å². The Balaban J connectivity index is 1.96. The zero-order chi connectivity index (χ0) is 13.2. The van der Waals surface area contributed by atoms with Gasteiger partial charge in [-0.1, -0.05) is 12.1 Å². The van der Waals surface area contributed by atoms with Crippen molar-refractivity contribution in [3.63, 3.8) is 0 Å². The number of rotatable bonds is 2. The highest BCUT2D eigenvalue weighted by atomic mass is 79.9. The lowest BCUT2D eigenvalue weighted by Gasteiger charge is -2.29. The Morgan fingerprint density at radius 3 is 2.95 bits per heavy atom. The molecule has 100 valence electrons. The van der Waals surface area contributed by atoms with Gasteiger partial charge < -0.3 is 9.88 Å². The maximum atomic E-state index is 4.34. The van der Waals surface area contributed by atoms with E-state index in [1.54, 1.807) is 0 Å². The molecule has 0 radical (unpaired) electrons. The Bertz CT molecular complexity index is 564. The van der Waals surface area contributed by atoms with Crippen molar-refractivity contribution < 1.29 is 0 Å². The monoisotopic (exact) mass is 319 g/mol. The fourth-order valence-electron chi connectivity index (χ4n) is 2.78. The molecule has 1 aromatic heterocycles. The van der Waals surface area contributed by atoms with Crippen molar-refractivity contribution in [2.45, 2.75) is 38.3 Å². The van der Waals surface area contributed by atoms with E-state index in [-0.39, 0.29) is 0 Å². The summed E-state index contributed by atoms with van der Waals surface area (Å²) in [6, 6.07) is 9.25. The van der Waals surface area contributed by atoms with E-state index >= 15 is 0 Å². The molecule has 3 nitrogen and oxygen atoms in total. The van der Waals surface area contributed by atoms with E-state index in [2.05, 4.69) is 55.9 Å². The lowest BCUT2D eigenvalue weighted by atomic mass is 9.97. The van der Waals surface area contributed by atoms with Crippen LogP contribution in [0.2, 0.25) is 0 Å². The minimum Gasteiger partial charge on any atom is -0.306 e. The molecule has 2 heterocycles. The minimum atomic E-state index is 0.401. The molecule has 1 aliphatic rings. The topological polar surface area (TPSA) is 29.9 Å². The Labute approximate surface area is 122 Å². The molecule has 0 bridgehead atoms. The Morgan fingerprint density at radius 2 is 2.16 bits per heavy atom. The SMILES string of the molecule is CC1CCCC(c2cncn2-c2ccccc2Br)N1. The highest BCUT2D eigenvalue weighted by Crippen LogP contribution is 2.29. The number of halogens is 1. The molecule has 0 saturated carbocycles. The maximum absolute atomic E-state index is 4.34. The first-order valence-electron chi connectivity index (χ1n) is 6.79. The van der Waals surface area contributed by atoms with Crippen LogP contribution >= 0.6 is 15.9 Å². The molecule has 0 amide bonds. The first-order valence-corrected chi connectivity index (χ1v) is 7.58. The summed E-state index contributed by atoms with van der Waals surface area (Å²) in [5, 5.41) is 3.67. The second kappa shape index (κ2) is 5.47. The smallest absolute Gasteiger partial charge is 0.0995 e. The van der Waals surface area contributed by atoms with Gasteiger partial charge in [0.05, 0.1) is 23.9 Å². The van der Waals surface area contributed by atoms with Crippen molar-refractivity contribution >= 4 is 15.9 Å². The van der Waals surface area contributed by atoms with E-state index in [0.29, 0.717) is 12.1 Å². The quantitative estimate of drug-likeness (QED) is 0.911. The predicted octanol–water partition coefficient (Wildman–Crippen LogP) is 3.84. The van der Waals surface area contributed by atoms with Crippen LogP contribution in [0.4, 0.5) is 0 Å². The molecule has 1 saturated heterocycles. The molecule has 0 aliphatic carbocycles. The van der Waals surface area contributed by atoms with Gasteiger partial charge in [-0.2, -0.15) is 0 Å². The van der Waals surface area contributed by atoms with Gasteiger partial charge in [-0.15, -0.1) is 0 Å². The highest BCUT2D eigenvalue weighted by molar-refractivity contribution is 9.10. The van der Waals surface area contributed by atoms with Crippen LogP contribution in [-0.2, 0) is 0 Å². The molecule has 4 heteroatoms. The number of piperidine rings is 1. The maximum Gasteiger partial charge on any atom is 0.0995 e. The summed E-state index contributed by atoms with van der Waals surface area (Å²) >= 11 is 3.62. The third-order valence-corrected chi connectivity index (χ3v) is 4.42. The molecule has 2 aromatic rings. The lowest BCUT2D eigenvalue weighted by molar-refractivity contribution is 0.334. The standard InChI is InChI=1S/C15H18BrN3/c1-11-5-4-7-13(18-11)15-9-17-10-19(15)14-8-3-2-6-12(14)16/h2-3,6,8-11,13,18H,4-5,7H2,1H3. The van der Waals surface area contributed by atoms with Crippen LogP contribution in [0, 0.1) is 0 Å². The van der Waals surface area contributed by atoms with Gasteiger partial charge in [0, 0.05) is 16.6 Å². The molecule has 1 N–H and O–H groups in total. The lowest BCUT2D eigenvalue weighted by Crippen LogP contribution is -2.35. The van der Waals surface area contributed by atoms with Crippen LogP contribution in [0.5, 0.6) is 0 Å². The number of imidazole rings is 1. The number of benzene rings is 1. The van der Waals surface area contributed by atoms with Crippen molar-refractivity contribution in [1.29, 1.82) is 0 Å². The van der Waals surface area contributed by atoms with Crippen LogP contribution in [0.15, 0.2) is 41.3 Å². The molecule has 1 fully saturated rings. The molecule has 2 unspecified atom stereocenters. The molecular weight excluding hydrogens is 302 g/mol. The van der Waals surface area contributed by atoms with Gasteiger partial charge in [0.1, 0.15) is 0 Å². The van der Waals surface area contributed by atoms with E-state index in [1.165, 1.54) is 25.0 Å². The van der Waals surface area contributed by atoms with Crippen molar-refractivity contribution in [2.75, 3.05) is 0 Å². The van der Waals surface area contributed by atoms with Crippen LogP contribution in [-0.4, -0.2) is 15.6 Å². The fraction of sp³-hybridized carbons (Fsp3) is 0.400. The molecule has 1 aliphatic heterocycles. The number of nitrogens with zero attached hydrogens (tertiary/aromatic N) is 2. The van der Waals surface area contributed by atoms with E-state index in [1.807, 2.05) is 18.6 Å².